The van der Waals surface area contributed by atoms with Gasteiger partial charge in [-0.2, -0.15) is 0 Å². The summed E-state index contributed by atoms with van der Waals surface area (Å²) < 4.78 is 0. The monoisotopic (exact) mass is 197 g/mol. The Morgan fingerprint density at radius 3 is 2.64 bits per heavy atom. The second-order valence-corrected chi connectivity index (χ2v) is 3.12. The van der Waals surface area contributed by atoms with Gasteiger partial charge in [0.05, 0.1) is 0 Å². The first kappa shape index (κ1) is 12.5. The van der Waals surface area contributed by atoms with Gasteiger partial charge in [0.2, 0.25) is 0 Å². The molecule has 0 radical (unpaired) electrons. The Hall–Kier alpha value is -1.50. The van der Waals surface area contributed by atoms with Gasteiger partial charge in [-0.15, -0.1) is 0 Å². The van der Waals surface area contributed by atoms with Crippen LogP contribution >= 0.6 is 0 Å². The van der Waals surface area contributed by atoms with Gasteiger partial charge in [-0.3, -0.25) is 9.59 Å². The van der Waals surface area contributed by atoms with Crippen LogP contribution in [0.3, 0.4) is 0 Å². The minimum absolute atomic E-state index is 0.135. The lowest BCUT2D eigenvalue weighted by Gasteiger charge is -2.08. The van der Waals surface area contributed by atoms with E-state index < -0.39 is 5.97 Å². The molecule has 0 fully saturated rings. The number of rotatable bonds is 5. The Balaban J connectivity index is 3.61. The molecule has 0 aromatic carbocycles. The second-order valence-electron chi connectivity index (χ2n) is 3.12. The lowest BCUT2D eigenvalue weighted by molar-refractivity contribution is -0.137. The third kappa shape index (κ3) is 7.17. The lowest BCUT2D eigenvalue weighted by atomic mass is 10.1. The maximum absolute atomic E-state index is 10.9. The molecule has 0 saturated carbocycles. The fraction of sp³-hybridized carbons (Fsp3) is 0.600. The zero-order chi connectivity index (χ0) is 11.0. The summed E-state index contributed by atoms with van der Waals surface area (Å²) in [5.41, 5.74) is 0. The molecule has 0 aliphatic carbocycles. The van der Waals surface area contributed by atoms with Crippen molar-refractivity contribution in [3.8, 4) is 11.8 Å². The number of hydrogen-bond donors (Lipinski definition) is 2. The standard InChI is InChI=1S/C10H15NO3/c1-3-4-9(12)11-7-8(2)5-6-10(13)14/h8H,5-7H2,1-2H3,(H,11,12)(H,13,14). The van der Waals surface area contributed by atoms with E-state index >= 15 is 0 Å². The largest absolute Gasteiger partial charge is 0.481 e. The van der Waals surface area contributed by atoms with Gasteiger partial charge in [-0.25, -0.2) is 0 Å². The van der Waals surface area contributed by atoms with E-state index in [0.717, 1.165) is 0 Å². The highest BCUT2D eigenvalue weighted by Crippen LogP contribution is 2.03. The van der Waals surface area contributed by atoms with Gasteiger partial charge < -0.3 is 10.4 Å². The molecule has 0 aliphatic rings. The molecule has 0 heterocycles. The summed E-state index contributed by atoms with van der Waals surface area (Å²) in [7, 11) is 0. The number of hydrogen-bond acceptors (Lipinski definition) is 2. The lowest BCUT2D eigenvalue weighted by Crippen LogP contribution is -2.27. The van der Waals surface area contributed by atoms with Crippen molar-refractivity contribution in [2.24, 2.45) is 5.92 Å². The van der Waals surface area contributed by atoms with E-state index in [1.807, 2.05) is 6.92 Å². The zero-order valence-corrected chi connectivity index (χ0v) is 8.46. The molecule has 0 aliphatic heterocycles. The summed E-state index contributed by atoms with van der Waals surface area (Å²) in [4.78, 5) is 21.1. The van der Waals surface area contributed by atoms with Crippen LogP contribution in [0, 0.1) is 17.8 Å². The third-order valence-electron chi connectivity index (χ3n) is 1.70. The SMILES string of the molecule is CC#CC(=O)NCC(C)CCC(=O)O. The maximum atomic E-state index is 10.9. The number of carbonyl (C=O) groups excluding carboxylic acids is 1. The smallest absolute Gasteiger partial charge is 0.303 e. The highest BCUT2D eigenvalue weighted by Gasteiger charge is 2.06. The highest BCUT2D eigenvalue weighted by atomic mass is 16.4. The first-order valence-electron chi connectivity index (χ1n) is 4.48. The topological polar surface area (TPSA) is 66.4 Å². The van der Waals surface area contributed by atoms with Crippen molar-refractivity contribution in [1.82, 2.24) is 5.32 Å². The number of carbonyl (C=O) groups is 2. The molecule has 14 heavy (non-hydrogen) atoms. The summed E-state index contributed by atoms with van der Waals surface area (Å²) in [5.74, 6) is 3.88. The molecule has 78 valence electrons. The summed E-state index contributed by atoms with van der Waals surface area (Å²) >= 11 is 0. The molecule has 0 rings (SSSR count). The normalized spacial score (nSPS) is 11.0. The average molecular weight is 197 g/mol. The summed E-state index contributed by atoms with van der Waals surface area (Å²) in [6, 6.07) is 0. The molecule has 1 atom stereocenters. The molecule has 4 nitrogen and oxygen atoms in total. The van der Waals surface area contributed by atoms with Gasteiger partial charge in [0, 0.05) is 13.0 Å². The van der Waals surface area contributed by atoms with Crippen molar-refractivity contribution < 1.29 is 14.7 Å². The van der Waals surface area contributed by atoms with Crippen molar-refractivity contribution in [3.63, 3.8) is 0 Å². The van der Waals surface area contributed by atoms with Crippen molar-refractivity contribution in [2.75, 3.05) is 6.54 Å². The summed E-state index contributed by atoms with van der Waals surface area (Å²) in [6.45, 7) is 3.96. The zero-order valence-electron chi connectivity index (χ0n) is 8.46. The highest BCUT2D eigenvalue weighted by molar-refractivity contribution is 5.93. The molecule has 1 amide bonds. The van der Waals surface area contributed by atoms with E-state index in [-0.39, 0.29) is 18.2 Å². The van der Waals surface area contributed by atoms with Gasteiger partial charge in [-0.05, 0) is 25.2 Å². The minimum Gasteiger partial charge on any atom is -0.481 e. The van der Waals surface area contributed by atoms with Crippen LogP contribution in [-0.4, -0.2) is 23.5 Å². The molecule has 2 N–H and O–H groups in total. The van der Waals surface area contributed by atoms with E-state index in [2.05, 4.69) is 17.2 Å². The van der Waals surface area contributed by atoms with E-state index in [9.17, 15) is 9.59 Å². The molecule has 1 unspecified atom stereocenters. The molecular formula is C10H15NO3. The average Bonchev–Trinajstić information content (AvgIpc) is 2.12. The number of aliphatic carboxylic acids is 1. The van der Waals surface area contributed by atoms with E-state index in [1.54, 1.807) is 6.92 Å². The van der Waals surface area contributed by atoms with Crippen LogP contribution in [-0.2, 0) is 9.59 Å². The molecule has 0 saturated heterocycles. The van der Waals surface area contributed by atoms with E-state index in [4.69, 9.17) is 5.11 Å². The Morgan fingerprint density at radius 1 is 1.50 bits per heavy atom. The van der Waals surface area contributed by atoms with Crippen LogP contribution in [0.4, 0.5) is 0 Å². The molecule has 0 aromatic heterocycles. The number of amides is 1. The van der Waals surface area contributed by atoms with Crippen LogP contribution in [0.5, 0.6) is 0 Å². The third-order valence-corrected chi connectivity index (χ3v) is 1.70. The van der Waals surface area contributed by atoms with Gasteiger partial charge >= 0.3 is 5.97 Å². The van der Waals surface area contributed by atoms with Crippen molar-refractivity contribution in [2.45, 2.75) is 26.7 Å². The molecular weight excluding hydrogens is 182 g/mol. The van der Waals surface area contributed by atoms with E-state index in [1.165, 1.54) is 0 Å². The number of carboxylic acids is 1. The first-order valence-corrected chi connectivity index (χ1v) is 4.48. The van der Waals surface area contributed by atoms with Gasteiger partial charge in [-0.1, -0.05) is 12.8 Å². The molecule has 4 heteroatoms. The van der Waals surface area contributed by atoms with E-state index in [0.29, 0.717) is 13.0 Å². The van der Waals surface area contributed by atoms with Crippen molar-refractivity contribution in [3.05, 3.63) is 0 Å². The predicted molar refractivity (Wildman–Crippen MR) is 52.5 cm³/mol. The van der Waals surface area contributed by atoms with Gasteiger partial charge in [0.15, 0.2) is 0 Å². The number of carboxylic acid groups (broad SMARTS) is 1. The molecule has 0 bridgehead atoms. The maximum Gasteiger partial charge on any atom is 0.303 e. The van der Waals surface area contributed by atoms with Crippen LogP contribution in [0.2, 0.25) is 0 Å². The van der Waals surface area contributed by atoms with Gasteiger partial charge in [0.1, 0.15) is 0 Å². The Labute approximate surface area is 83.7 Å². The Kier molecular flexibility index (Phi) is 6.21. The fourth-order valence-corrected chi connectivity index (χ4v) is 0.897. The Morgan fingerprint density at radius 2 is 2.14 bits per heavy atom. The fourth-order valence-electron chi connectivity index (χ4n) is 0.897. The van der Waals surface area contributed by atoms with Crippen LogP contribution in [0.25, 0.3) is 0 Å². The minimum atomic E-state index is -0.809. The Bertz CT molecular complexity index is 262. The molecule has 0 spiro atoms. The summed E-state index contributed by atoms with van der Waals surface area (Å²) in [6.07, 6.45) is 0.700. The van der Waals surface area contributed by atoms with Gasteiger partial charge in [0.25, 0.3) is 5.91 Å². The number of nitrogens with one attached hydrogen (secondary N) is 1. The second kappa shape index (κ2) is 6.96. The predicted octanol–water partition coefficient (Wildman–Crippen LogP) is 0.627. The van der Waals surface area contributed by atoms with Crippen molar-refractivity contribution >= 4 is 11.9 Å². The van der Waals surface area contributed by atoms with Crippen LogP contribution in [0.1, 0.15) is 26.7 Å². The van der Waals surface area contributed by atoms with Crippen LogP contribution in [0.15, 0.2) is 0 Å². The first-order chi connectivity index (χ1) is 6.56. The quantitative estimate of drug-likeness (QED) is 0.635. The summed E-state index contributed by atoms with van der Waals surface area (Å²) in [5, 5.41) is 11.0. The van der Waals surface area contributed by atoms with Crippen molar-refractivity contribution in [1.29, 1.82) is 0 Å². The van der Waals surface area contributed by atoms with Crippen LogP contribution < -0.4 is 5.32 Å². The molecule has 0 aromatic rings.